The number of hydrogen-bond acceptors (Lipinski definition) is 1. The van der Waals surface area contributed by atoms with Gasteiger partial charge in [-0.3, -0.25) is 0 Å². The Hall–Kier alpha value is -1.71. The van der Waals surface area contributed by atoms with Crippen molar-refractivity contribution < 1.29 is 4.39 Å². The lowest BCUT2D eigenvalue weighted by atomic mass is 10.0. The molecule has 102 valence electrons. The summed E-state index contributed by atoms with van der Waals surface area (Å²) in [6.07, 6.45) is 0. The Labute approximate surface area is 134 Å². The molecule has 3 heteroatoms. The van der Waals surface area contributed by atoms with Gasteiger partial charge in [-0.2, -0.15) is 0 Å². The molecule has 21 heavy (non-hydrogen) atoms. The van der Waals surface area contributed by atoms with Crippen LogP contribution in [0.2, 0.25) is 0 Å². The standard InChI is InChI=1S/C18H10BrFS/c19-12-6-7-13(16(20)10-12)11-5-8-18-15(9-11)14-3-1-2-4-17(14)21-18/h1-10H. The summed E-state index contributed by atoms with van der Waals surface area (Å²) in [4.78, 5) is 0. The summed E-state index contributed by atoms with van der Waals surface area (Å²) in [6, 6.07) is 19.7. The first kappa shape index (κ1) is 13.0. The molecule has 0 aliphatic rings. The lowest BCUT2D eigenvalue weighted by Gasteiger charge is -2.04. The number of hydrogen-bond donors (Lipinski definition) is 0. The Kier molecular flexibility index (Phi) is 3.05. The molecule has 1 aromatic heterocycles. The van der Waals surface area contributed by atoms with Gasteiger partial charge in [0.1, 0.15) is 5.82 Å². The molecule has 4 aromatic rings. The van der Waals surface area contributed by atoms with Gasteiger partial charge in [0.15, 0.2) is 0 Å². The predicted molar refractivity (Wildman–Crippen MR) is 92.4 cm³/mol. The van der Waals surface area contributed by atoms with Gasteiger partial charge in [-0.05, 0) is 35.9 Å². The fraction of sp³-hybridized carbons (Fsp3) is 0. The highest BCUT2D eigenvalue weighted by atomic mass is 79.9. The van der Waals surface area contributed by atoms with Crippen LogP contribution in [-0.4, -0.2) is 0 Å². The van der Waals surface area contributed by atoms with Crippen molar-refractivity contribution in [2.45, 2.75) is 0 Å². The van der Waals surface area contributed by atoms with Crippen molar-refractivity contribution in [3.05, 3.63) is 71.0 Å². The maximum atomic E-state index is 14.1. The molecule has 0 aliphatic heterocycles. The quantitative estimate of drug-likeness (QED) is 0.359. The molecular weight excluding hydrogens is 347 g/mol. The van der Waals surface area contributed by atoms with E-state index in [9.17, 15) is 4.39 Å². The van der Waals surface area contributed by atoms with Crippen molar-refractivity contribution in [3.8, 4) is 11.1 Å². The first-order chi connectivity index (χ1) is 10.2. The van der Waals surface area contributed by atoms with Crippen molar-refractivity contribution in [1.82, 2.24) is 0 Å². The zero-order chi connectivity index (χ0) is 14.4. The lowest BCUT2D eigenvalue weighted by molar-refractivity contribution is 0.630. The normalized spacial score (nSPS) is 11.3. The third-order valence-electron chi connectivity index (χ3n) is 3.62. The molecule has 0 nitrogen and oxygen atoms in total. The van der Waals surface area contributed by atoms with Gasteiger partial charge in [0.2, 0.25) is 0 Å². The van der Waals surface area contributed by atoms with Crippen LogP contribution >= 0.6 is 27.3 Å². The average molecular weight is 357 g/mol. The number of benzene rings is 3. The van der Waals surface area contributed by atoms with Crippen molar-refractivity contribution in [1.29, 1.82) is 0 Å². The molecule has 4 rings (SSSR count). The Morgan fingerprint density at radius 2 is 1.62 bits per heavy atom. The highest BCUT2D eigenvalue weighted by Gasteiger charge is 2.09. The fourth-order valence-electron chi connectivity index (χ4n) is 2.62. The molecule has 0 saturated carbocycles. The predicted octanol–water partition coefficient (Wildman–Crippen LogP) is 6.62. The van der Waals surface area contributed by atoms with E-state index in [0.717, 1.165) is 10.0 Å². The first-order valence-electron chi connectivity index (χ1n) is 6.59. The van der Waals surface area contributed by atoms with Crippen LogP contribution in [0, 0.1) is 5.82 Å². The number of halogens is 2. The molecule has 0 fully saturated rings. The van der Waals surface area contributed by atoms with Crippen molar-refractivity contribution in [3.63, 3.8) is 0 Å². The van der Waals surface area contributed by atoms with Gasteiger partial charge in [0, 0.05) is 30.2 Å². The van der Waals surface area contributed by atoms with E-state index in [1.165, 1.54) is 26.2 Å². The summed E-state index contributed by atoms with van der Waals surface area (Å²) in [6.45, 7) is 0. The number of rotatable bonds is 1. The minimum atomic E-state index is -0.205. The molecule has 0 saturated heterocycles. The van der Waals surface area contributed by atoms with Gasteiger partial charge in [-0.15, -0.1) is 11.3 Å². The molecule has 0 spiro atoms. The second-order valence-corrected chi connectivity index (χ2v) is 6.93. The monoisotopic (exact) mass is 356 g/mol. The summed E-state index contributed by atoms with van der Waals surface area (Å²) < 4.78 is 17.4. The van der Waals surface area contributed by atoms with Gasteiger partial charge in [0.05, 0.1) is 0 Å². The van der Waals surface area contributed by atoms with E-state index in [-0.39, 0.29) is 5.82 Å². The van der Waals surface area contributed by atoms with Crippen LogP contribution < -0.4 is 0 Å². The first-order valence-corrected chi connectivity index (χ1v) is 8.20. The lowest BCUT2D eigenvalue weighted by Crippen LogP contribution is -1.84. The van der Waals surface area contributed by atoms with Crippen LogP contribution in [0.1, 0.15) is 0 Å². The Bertz CT molecular complexity index is 971. The van der Waals surface area contributed by atoms with Crippen LogP contribution in [0.4, 0.5) is 4.39 Å². The van der Waals surface area contributed by atoms with Crippen LogP contribution in [-0.2, 0) is 0 Å². The molecule has 0 atom stereocenters. The second kappa shape index (κ2) is 4.93. The minimum absolute atomic E-state index is 0.205. The highest BCUT2D eigenvalue weighted by molar-refractivity contribution is 9.10. The molecule has 1 heterocycles. The number of thiophene rings is 1. The molecule has 0 radical (unpaired) electrons. The smallest absolute Gasteiger partial charge is 0.132 e. The second-order valence-electron chi connectivity index (χ2n) is 4.93. The molecular formula is C18H10BrFS. The van der Waals surface area contributed by atoms with E-state index in [1.807, 2.05) is 30.3 Å². The maximum Gasteiger partial charge on any atom is 0.132 e. The van der Waals surface area contributed by atoms with E-state index in [4.69, 9.17) is 0 Å². The third-order valence-corrected chi connectivity index (χ3v) is 5.26. The minimum Gasteiger partial charge on any atom is -0.206 e. The van der Waals surface area contributed by atoms with Gasteiger partial charge in [-0.25, -0.2) is 4.39 Å². The van der Waals surface area contributed by atoms with Crippen molar-refractivity contribution >= 4 is 47.4 Å². The van der Waals surface area contributed by atoms with E-state index < -0.39 is 0 Å². The Balaban J connectivity index is 1.99. The zero-order valence-corrected chi connectivity index (χ0v) is 13.3. The van der Waals surface area contributed by atoms with Crippen LogP contribution in [0.15, 0.2) is 65.1 Å². The Morgan fingerprint density at radius 1 is 0.810 bits per heavy atom. The van der Waals surface area contributed by atoms with E-state index in [1.54, 1.807) is 11.3 Å². The highest BCUT2D eigenvalue weighted by Crippen LogP contribution is 2.36. The van der Waals surface area contributed by atoms with Gasteiger partial charge < -0.3 is 0 Å². The van der Waals surface area contributed by atoms with E-state index >= 15 is 0 Å². The molecule has 3 aromatic carbocycles. The summed E-state index contributed by atoms with van der Waals surface area (Å²) in [5.74, 6) is -0.205. The molecule has 0 aliphatic carbocycles. The molecule has 0 unspecified atom stereocenters. The largest absolute Gasteiger partial charge is 0.206 e. The van der Waals surface area contributed by atoms with Crippen LogP contribution in [0.5, 0.6) is 0 Å². The fourth-order valence-corrected chi connectivity index (χ4v) is 4.04. The van der Waals surface area contributed by atoms with Gasteiger partial charge >= 0.3 is 0 Å². The number of fused-ring (bicyclic) bond motifs is 3. The van der Waals surface area contributed by atoms with Gasteiger partial charge in [0.25, 0.3) is 0 Å². The molecule has 0 bridgehead atoms. The SMILES string of the molecule is Fc1cc(Br)ccc1-c1ccc2sc3ccccc3c2c1. The van der Waals surface area contributed by atoms with Crippen LogP contribution in [0.25, 0.3) is 31.3 Å². The van der Waals surface area contributed by atoms with Gasteiger partial charge in [-0.1, -0.05) is 46.3 Å². The summed E-state index contributed by atoms with van der Waals surface area (Å²) in [5, 5.41) is 2.42. The van der Waals surface area contributed by atoms with Crippen molar-refractivity contribution in [2.24, 2.45) is 0 Å². The van der Waals surface area contributed by atoms with Crippen LogP contribution in [0.3, 0.4) is 0 Å². The summed E-state index contributed by atoms with van der Waals surface area (Å²) in [7, 11) is 0. The molecule has 0 N–H and O–H groups in total. The zero-order valence-electron chi connectivity index (χ0n) is 10.9. The maximum absolute atomic E-state index is 14.1. The molecule has 0 amide bonds. The summed E-state index contributed by atoms with van der Waals surface area (Å²) >= 11 is 5.07. The van der Waals surface area contributed by atoms with E-state index in [2.05, 4.69) is 40.2 Å². The third kappa shape index (κ3) is 2.17. The van der Waals surface area contributed by atoms with E-state index in [0.29, 0.717) is 5.56 Å². The summed E-state index contributed by atoms with van der Waals surface area (Å²) in [5.41, 5.74) is 1.55. The topological polar surface area (TPSA) is 0 Å². The average Bonchev–Trinajstić information content (AvgIpc) is 2.85. The van der Waals surface area contributed by atoms with Crippen molar-refractivity contribution in [2.75, 3.05) is 0 Å². The Morgan fingerprint density at radius 3 is 2.48 bits per heavy atom.